The van der Waals surface area contributed by atoms with Crippen LogP contribution in [0.5, 0.6) is 0 Å². The largest absolute Gasteiger partial charge is 0.480 e. The van der Waals surface area contributed by atoms with Gasteiger partial charge in [0.1, 0.15) is 11.0 Å². The molecule has 3 amide bonds. The Bertz CT molecular complexity index is 1050. The summed E-state index contributed by atoms with van der Waals surface area (Å²) in [6, 6.07) is 2.61. The molecule has 178 valence electrons. The molecule has 0 bridgehead atoms. The van der Waals surface area contributed by atoms with Crippen molar-refractivity contribution in [2.45, 2.75) is 72.8 Å². The SMILES string of the molecule is CC[C@H](C)C(NC(=O)c1c(NC(=O)Nc2c(C)cc(C)cc2C)sc2c1CCCC2)C(=O)O. The molecular weight excluding hydrogens is 438 g/mol. The van der Waals surface area contributed by atoms with Crippen LogP contribution in [0.25, 0.3) is 0 Å². The Hall–Kier alpha value is -2.87. The summed E-state index contributed by atoms with van der Waals surface area (Å²) < 4.78 is 0. The van der Waals surface area contributed by atoms with Gasteiger partial charge in [-0.3, -0.25) is 10.1 Å². The first kappa shape index (κ1) is 24.8. The van der Waals surface area contributed by atoms with Crippen LogP contribution in [0.15, 0.2) is 12.1 Å². The van der Waals surface area contributed by atoms with Crippen molar-refractivity contribution in [3.63, 3.8) is 0 Å². The highest BCUT2D eigenvalue weighted by Gasteiger charge is 2.31. The Labute approximate surface area is 199 Å². The quantitative estimate of drug-likeness (QED) is 0.432. The molecule has 33 heavy (non-hydrogen) atoms. The number of nitrogens with one attached hydrogen (secondary N) is 3. The lowest BCUT2D eigenvalue weighted by Crippen LogP contribution is -2.45. The molecule has 8 heteroatoms. The van der Waals surface area contributed by atoms with E-state index in [0.717, 1.165) is 58.5 Å². The summed E-state index contributed by atoms with van der Waals surface area (Å²) in [6.07, 6.45) is 4.22. The second-order valence-electron chi connectivity index (χ2n) is 8.94. The number of rotatable bonds is 7. The molecule has 3 rings (SSSR count). The minimum atomic E-state index is -1.06. The number of carboxylic acid groups (broad SMARTS) is 1. The van der Waals surface area contributed by atoms with E-state index in [1.807, 2.05) is 39.8 Å². The number of benzene rings is 1. The van der Waals surface area contributed by atoms with E-state index < -0.39 is 23.9 Å². The number of amides is 3. The molecule has 2 aromatic rings. The summed E-state index contributed by atoms with van der Waals surface area (Å²) in [7, 11) is 0. The fourth-order valence-electron chi connectivity index (χ4n) is 4.42. The first-order valence-corrected chi connectivity index (χ1v) is 12.3. The Morgan fingerprint density at radius 2 is 1.70 bits per heavy atom. The van der Waals surface area contributed by atoms with E-state index in [1.165, 1.54) is 11.3 Å². The van der Waals surface area contributed by atoms with Gasteiger partial charge < -0.3 is 15.7 Å². The third kappa shape index (κ3) is 5.55. The average molecular weight is 472 g/mol. The number of aryl methyl sites for hydroxylation is 4. The molecule has 0 radical (unpaired) electrons. The minimum absolute atomic E-state index is 0.215. The van der Waals surface area contributed by atoms with Crippen molar-refractivity contribution in [2.75, 3.05) is 10.6 Å². The molecule has 1 unspecified atom stereocenters. The molecule has 1 aliphatic carbocycles. The number of thiophene rings is 1. The molecule has 0 spiro atoms. The third-order valence-corrected chi connectivity index (χ3v) is 7.51. The van der Waals surface area contributed by atoms with Gasteiger partial charge in [0, 0.05) is 10.6 Å². The molecule has 1 aromatic carbocycles. The summed E-state index contributed by atoms with van der Waals surface area (Å²) in [6.45, 7) is 9.60. The van der Waals surface area contributed by atoms with Gasteiger partial charge in [-0.2, -0.15) is 0 Å². The van der Waals surface area contributed by atoms with Gasteiger partial charge in [0.2, 0.25) is 0 Å². The number of aliphatic carboxylic acids is 1. The van der Waals surface area contributed by atoms with Gasteiger partial charge in [-0.25, -0.2) is 9.59 Å². The van der Waals surface area contributed by atoms with Crippen LogP contribution in [-0.4, -0.2) is 29.1 Å². The first-order chi connectivity index (χ1) is 15.6. The van der Waals surface area contributed by atoms with Crippen molar-refractivity contribution in [1.82, 2.24) is 5.32 Å². The van der Waals surface area contributed by atoms with Crippen molar-refractivity contribution in [3.8, 4) is 0 Å². The minimum Gasteiger partial charge on any atom is -0.480 e. The fourth-order valence-corrected chi connectivity index (χ4v) is 5.70. The van der Waals surface area contributed by atoms with Gasteiger partial charge in [-0.1, -0.05) is 38.0 Å². The van der Waals surface area contributed by atoms with Crippen LogP contribution in [0.3, 0.4) is 0 Å². The first-order valence-electron chi connectivity index (χ1n) is 11.5. The molecule has 0 saturated heterocycles. The number of fused-ring (bicyclic) bond motifs is 1. The van der Waals surface area contributed by atoms with Gasteiger partial charge in [-0.05, 0) is 69.1 Å². The zero-order valence-electron chi connectivity index (χ0n) is 19.9. The summed E-state index contributed by atoms with van der Waals surface area (Å²) in [5.41, 5.74) is 5.11. The molecule has 0 aliphatic heterocycles. The standard InChI is InChI=1S/C25H33N3O4S/c1-6-14(3)21(24(30)31)26-22(29)19-17-9-7-8-10-18(17)33-23(19)28-25(32)27-20-15(4)11-13(2)12-16(20)5/h11-12,14,21H,6-10H2,1-5H3,(H,26,29)(H,30,31)(H2,27,28,32)/t14-,21?/m0/s1. The lowest BCUT2D eigenvalue weighted by atomic mass is 9.94. The molecule has 4 N–H and O–H groups in total. The molecule has 1 aliphatic rings. The highest BCUT2D eigenvalue weighted by Crippen LogP contribution is 2.38. The number of hydrogen-bond acceptors (Lipinski definition) is 4. The Balaban J connectivity index is 1.88. The highest BCUT2D eigenvalue weighted by molar-refractivity contribution is 7.17. The predicted octanol–water partition coefficient (Wildman–Crippen LogP) is 5.43. The average Bonchev–Trinajstić information content (AvgIpc) is 3.11. The number of carboxylic acids is 1. The second-order valence-corrected chi connectivity index (χ2v) is 10.0. The zero-order chi connectivity index (χ0) is 24.3. The van der Waals surface area contributed by atoms with Crippen LogP contribution >= 0.6 is 11.3 Å². The van der Waals surface area contributed by atoms with E-state index >= 15 is 0 Å². The van der Waals surface area contributed by atoms with Crippen molar-refractivity contribution in [1.29, 1.82) is 0 Å². The number of urea groups is 1. The maximum absolute atomic E-state index is 13.3. The summed E-state index contributed by atoms with van der Waals surface area (Å²) in [4.78, 5) is 39.0. The van der Waals surface area contributed by atoms with E-state index in [9.17, 15) is 19.5 Å². The molecule has 0 fully saturated rings. The summed E-state index contributed by atoms with van der Waals surface area (Å²) in [5.74, 6) is -1.72. The lowest BCUT2D eigenvalue weighted by molar-refractivity contribution is -0.140. The van der Waals surface area contributed by atoms with Crippen molar-refractivity contribution in [2.24, 2.45) is 5.92 Å². The van der Waals surface area contributed by atoms with Gasteiger partial charge in [0.15, 0.2) is 0 Å². The van der Waals surface area contributed by atoms with Crippen LogP contribution in [-0.2, 0) is 17.6 Å². The monoisotopic (exact) mass is 471 g/mol. The highest BCUT2D eigenvalue weighted by atomic mass is 32.1. The van der Waals surface area contributed by atoms with Crippen LogP contribution in [0.4, 0.5) is 15.5 Å². The topological polar surface area (TPSA) is 108 Å². The van der Waals surface area contributed by atoms with Crippen molar-refractivity contribution >= 4 is 39.9 Å². The Morgan fingerprint density at radius 3 is 2.30 bits per heavy atom. The molecule has 2 atom stereocenters. The van der Waals surface area contributed by atoms with Crippen LogP contribution in [0.2, 0.25) is 0 Å². The van der Waals surface area contributed by atoms with Crippen LogP contribution in [0, 0.1) is 26.7 Å². The summed E-state index contributed by atoms with van der Waals surface area (Å²) in [5, 5.41) is 18.6. The fraction of sp³-hybridized carbons (Fsp3) is 0.480. The number of carbonyl (C=O) groups excluding carboxylic acids is 2. The van der Waals surface area contributed by atoms with Crippen LogP contribution < -0.4 is 16.0 Å². The van der Waals surface area contributed by atoms with E-state index in [1.54, 1.807) is 6.92 Å². The number of hydrogen-bond donors (Lipinski definition) is 4. The normalized spacial score (nSPS) is 14.7. The predicted molar refractivity (Wildman–Crippen MR) is 133 cm³/mol. The molecule has 1 aromatic heterocycles. The van der Waals surface area contributed by atoms with Crippen molar-refractivity contribution in [3.05, 3.63) is 44.8 Å². The number of carbonyl (C=O) groups is 3. The van der Waals surface area contributed by atoms with E-state index in [0.29, 0.717) is 17.0 Å². The van der Waals surface area contributed by atoms with E-state index in [4.69, 9.17) is 0 Å². The smallest absolute Gasteiger partial charge is 0.326 e. The third-order valence-electron chi connectivity index (χ3n) is 6.31. The number of anilines is 2. The van der Waals surface area contributed by atoms with E-state index in [-0.39, 0.29) is 5.92 Å². The maximum Gasteiger partial charge on any atom is 0.326 e. The summed E-state index contributed by atoms with van der Waals surface area (Å²) >= 11 is 1.41. The molecule has 1 heterocycles. The van der Waals surface area contributed by atoms with Gasteiger partial charge >= 0.3 is 12.0 Å². The molecule has 7 nitrogen and oxygen atoms in total. The van der Waals surface area contributed by atoms with E-state index in [2.05, 4.69) is 16.0 Å². The van der Waals surface area contributed by atoms with Crippen molar-refractivity contribution < 1.29 is 19.5 Å². The van der Waals surface area contributed by atoms with Gasteiger partial charge in [0.05, 0.1) is 5.56 Å². The second kappa shape index (κ2) is 10.4. The molecule has 0 saturated carbocycles. The lowest BCUT2D eigenvalue weighted by Gasteiger charge is -2.21. The molecular formula is C25H33N3O4S. The van der Waals surface area contributed by atoms with Gasteiger partial charge in [-0.15, -0.1) is 11.3 Å². The maximum atomic E-state index is 13.3. The van der Waals surface area contributed by atoms with Crippen LogP contribution in [0.1, 0.15) is 70.6 Å². The Kier molecular flexibility index (Phi) is 7.79. The van der Waals surface area contributed by atoms with Gasteiger partial charge in [0.25, 0.3) is 5.91 Å². The Morgan fingerprint density at radius 1 is 1.06 bits per heavy atom. The zero-order valence-corrected chi connectivity index (χ0v) is 20.7.